The largest absolute Gasteiger partial charge is 0.377 e. The second-order valence-corrected chi connectivity index (χ2v) is 6.13. The van der Waals surface area contributed by atoms with Crippen LogP contribution >= 0.6 is 0 Å². The maximum Gasteiger partial charge on any atom is 0.0406 e. The molecule has 1 saturated heterocycles. The number of hydrogen-bond donors (Lipinski definition) is 1. The zero-order chi connectivity index (χ0) is 14.4. The van der Waals surface area contributed by atoms with Crippen LogP contribution in [0.3, 0.4) is 0 Å². The van der Waals surface area contributed by atoms with Gasteiger partial charge in [-0.3, -0.25) is 4.90 Å². The average molecular weight is 275 g/mol. The first-order valence-electron chi connectivity index (χ1n) is 7.83. The molecule has 0 unspecified atom stereocenters. The second-order valence-electron chi connectivity index (χ2n) is 6.13. The number of nitrogens with zero attached hydrogens (tertiary/aromatic N) is 2. The maximum atomic E-state index is 3.27. The summed E-state index contributed by atoms with van der Waals surface area (Å²) in [6.45, 7) is 4.74. The van der Waals surface area contributed by atoms with E-state index in [0.717, 1.165) is 19.0 Å². The Morgan fingerprint density at radius 1 is 1.20 bits per heavy atom. The zero-order valence-electron chi connectivity index (χ0n) is 13.2. The van der Waals surface area contributed by atoms with E-state index in [0.29, 0.717) is 0 Å². The van der Waals surface area contributed by atoms with E-state index in [4.69, 9.17) is 0 Å². The molecule has 0 bridgehead atoms. The molecule has 0 amide bonds. The topological polar surface area (TPSA) is 18.5 Å². The summed E-state index contributed by atoms with van der Waals surface area (Å²) in [5.41, 5.74) is 2.80. The summed E-state index contributed by atoms with van der Waals surface area (Å²) in [6.07, 6.45) is 4.04. The molecule has 0 aromatic heterocycles. The highest BCUT2D eigenvalue weighted by atomic mass is 15.1. The van der Waals surface area contributed by atoms with Crippen LogP contribution in [0.4, 0.5) is 5.69 Å². The number of benzene rings is 1. The first-order valence-corrected chi connectivity index (χ1v) is 7.83. The van der Waals surface area contributed by atoms with Crippen LogP contribution in [0.15, 0.2) is 24.3 Å². The fraction of sp³-hybridized carbons (Fsp3) is 0.647. The number of para-hydroxylation sites is 1. The molecule has 1 heterocycles. The molecule has 3 nitrogen and oxygen atoms in total. The third kappa shape index (κ3) is 4.22. The second kappa shape index (κ2) is 7.65. The fourth-order valence-corrected chi connectivity index (χ4v) is 3.10. The molecule has 2 rings (SSSR count). The van der Waals surface area contributed by atoms with Crippen molar-refractivity contribution in [2.45, 2.75) is 25.8 Å². The summed E-state index contributed by atoms with van der Waals surface area (Å²) in [6, 6.07) is 8.77. The van der Waals surface area contributed by atoms with Crippen molar-refractivity contribution < 1.29 is 0 Å². The minimum atomic E-state index is 0.919. The van der Waals surface area contributed by atoms with Crippen LogP contribution < -0.4 is 10.2 Å². The molecular formula is C17H29N3. The van der Waals surface area contributed by atoms with Crippen LogP contribution in [0.5, 0.6) is 0 Å². The van der Waals surface area contributed by atoms with E-state index in [-0.39, 0.29) is 0 Å². The van der Waals surface area contributed by atoms with Gasteiger partial charge in [-0.2, -0.15) is 0 Å². The Morgan fingerprint density at radius 2 is 1.90 bits per heavy atom. The lowest BCUT2D eigenvalue weighted by molar-refractivity contribution is 0.172. The van der Waals surface area contributed by atoms with E-state index in [9.17, 15) is 0 Å². The van der Waals surface area contributed by atoms with Gasteiger partial charge in [0.15, 0.2) is 0 Å². The minimum absolute atomic E-state index is 0.919. The molecule has 1 aromatic rings. The Morgan fingerprint density at radius 3 is 2.55 bits per heavy atom. The molecule has 0 aliphatic carbocycles. The van der Waals surface area contributed by atoms with E-state index >= 15 is 0 Å². The fourth-order valence-electron chi connectivity index (χ4n) is 3.10. The summed E-state index contributed by atoms with van der Waals surface area (Å²) in [7, 11) is 6.30. The number of anilines is 1. The summed E-state index contributed by atoms with van der Waals surface area (Å²) in [5, 5.41) is 3.27. The van der Waals surface area contributed by atoms with Gasteiger partial charge in [0.25, 0.3) is 0 Å². The van der Waals surface area contributed by atoms with Gasteiger partial charge < -0.3 is 10.2 Å². The van der Waals surface area contributed by atoms with Gasteiger partial charge in [-0.05, 0) is 63.5 Å². The molecule has 1 aliphatic heterocycles. The van der Waals surface area contributed by atoms with Crippen LogP contribution in [0, 0.1) is 5.92 Å². The molecule has 0 spiro atoms. The van der Waals surface area contributed by atoms with Crippen molar-refractivity contribution in [1.82, 2.24) is 10.2 Å². The van der Waals surface area contributed by atoms with Crippen molar-refractivity contribution in [1.29, 1.82) is 0 Å². The van der Waals surface area contributed by atoms with Crippen LogP contribution in [0.1, 0.15) is 24.8 Å². The van der Waals surface area contributed by atoms with Gasteiger partial charge in [0.05, 0.1) is 0 Å². The third-order valence-corrected chi connectivity index (χ3v) is 4.38. The molecule has 112 valence electrons. The summed E-state index contributed by atoms with van der Waals surface area (Å²) < 4.78 is 0. The van der Waals surface area contributed by atoms with Gasteiger partial charge in [-0.15, -0.1) is 0 Å². The van der Waals surface area contributed by atoms with Crippen molar-refractivity contribution in [2.75, 3.05) is 45.7 Å². The number of rotatable bonds is 6. The highest BCUT2D eigenvalue weighted by molar-refractivity contribution is 5.52. The SMILES string of the molecule is CNCCC1CCN(Cc2ccccc2N(C)C)CC1. The van der Waals surface area contributed by atoms with E-state index in [1.165, 1.54) is 43.6 Å². The number of likely N-dealkylation sites (tertiary alicyclic amines) is 1. The first kappa shape index (κ1) is 15.3. The number of piperidine rings is 1. The van der Waals surface area contributed by atoms with E-state index in [1.807, 2.05) is 7.05 Å². The Labute approximate surface area is 124 Å². The average Bonchev–Trinajstić information content (AvgIpc) is 2.47. The Kier molecular flexibility index (Phi) is 5.86. The quantitative estimate of drug-likeness (QED) is 0.861. The molecule has 1 N–H and O–H groups in total. The predicted molar refractivity (Wildman–Crippen MR) is 87.3 cm³/mol. The van der Waals surface area contributed by atoms with E-state index in [1.54, 1.807) is 0 Å². The standard InChI is InChI=1S/C17H29N3/c1-18-11-8-15-9-12-20(13-10-15)14-16-6-4-5-7-17(16)19(2)3/h4-7,15,18H,8-14H2,1-3H3. The van der Waals surface area contributed by atoms with Gasteiger partial charge in [0.1, 0.15) is 0 Å². The maximum absolute atomic E-state index is 3.27. The molecular weight excluding hydrogens is 246 g/mol. The molecule has 20 heavy (non-hydrogen) atoms. The lowest BCUT2D eigenvalue weighted by Crippen LogP contribution is -2.34. The van der Waals surface area contributed by atoms with Crippen LogP contribution in [-0.4, -0.2) is 45.7 Å². The van der Waals surface area contributed by atoms with Crippen LogP contribution in [0.2, 0.25) is 0 Å². The lowest BCUT2D eigenvalue weighted by atomic mass is 9.93. The molecule has 1 aliphatic rings. The first-order chi connectivity index (χ1) is 9.70. The number of nitrogens with one attached hydrogen (secondary N) is 1. The lowest BCUT2D eigenvalue weighted by Gasteiger charge is -2.32. The van der Waals surface area contributed by atoms with E-state index in [2.05, 4.69) is 53.5 Å². The van der Waals surface area contributed by atoms with Crippen LogP contribution in [-0.2, 0) is 6.54 Å². The Hall–Kier alpha value is -1.06. The van der Waals surface area contributed by atoms with Crippen molar-refractivity contribution in [3.63, 3.8) is 0 Å². The van der Waals surface area contributed by atoms with Gasteiger partial charge in [0.2, 0.25) is 0 Å². The van der Waals surface area contributed by atoms with Gasteiger partial charge >= 0.3 is 0 Å². The summed E-state index contributed by atoms with van der Waals surface area (Å²) in [5.74, 6) is 0.919. The monoisotopic (exact) mass is 275 g/mol. The Balaban J connectivity index is 1.86. The van der Waals surface area contributed by atoms with Crippen molar-refractivity contribution in [2.24, 2.45) is 5.92 Å². The number of hydrogen-bond acceptors (Lipinski definition) is 3. The van der Waals surface area contributed by atoms with Gasteiger partial charge in [0, 0.05) is 26.3 Å². The normalized spacial score (nSPS) is 17.4. The van der Waals surface area contributed by atoms with Crippen molar-refractivity contribution in [3.8, 4) is 0 Å². The molecule has 0 radical (unpaired) electrons. The highest BCUT2D eigenvalue weighted by Crippen LogP contribution is 2.24. The molecule has 0 saturated carbocycles. The predicted octanol–water partition coefficient (Wildman–Crippen LogP) is 2.57. The van der Waals surface area contributed by atoms with Crippen molar-refractivity contribution in [3.05, 3.63) is 29.8 Å². The molecule has 0 atom stereocenters. The Bertz CT molecular complexity index is 395. The summed E-state index contributed by atoms with van der Waals surface area (Å²) in [4.78, 5) is 4.83. The zero-order valence-corrected chi connectivity index (χ0v) is 13.2. The minimum Gasteiger partial charge on any atom is -0.377 e. The smallest absolute Gasteiger partial charge is 0.0406 e. The van der Waals surface area contributed by atoms with Gasteiger partial charge in [-0.1, -0.05) is 18.2 Å². The molecule has 3 heteroatoms. The third-order valence-electron chi connectivity index (χ3n) is 4.38. The van der Waals surface area contributed by atoms with Crippen LogP contribution in [0.25, 0.3) is 0 Å². The molecule has 1 fully saturated rings. The summed E-state index contributed by atoms with van der Waals surface area (Å²) >= 11 is 0. The molecule has 1 aromatic carbocycles. The highest BCUT2D eigenvalue weighted by Gasteiger charge is 2.19. The van der Waals surface area contributed by atoms with Gasteiger partial charge in [-0.25, -0.2) is 0 Å². The van der Waals surface area contributed by atoms with E-state index < -0.39 is 0 Å². The van der Waals surface area contributed by atoms with Crippen molar-refractivity contribution >= 4 is 5.69 Å².